The van der Waals surface area contributed by atoms with Gasteiger partial charge in [-0.1, -0.05) is 0 Å². The molecule has 0 saturated carbocycles. The monoisotopic (exact) mass is 221 g/mol. The van der Waals surface area contributed by atoms with Crippen molar-refractivity contribution in [1.82, 2.24) is 15.2 Å². The van der Waals surface area contributed by atoms with Crippen molar-refractivity contribution >= 4 is 0 Å². The van der Waals surface area contributed by atoms with Crippen molar-refractivity contribution in [2.75, 3.05) is 26.7 Å². The van der Waals surface area contributed by atoms with Crippen LogP contribution in [0.2, 0.25) is 0 Å². The lowest BCUT2D eigenvalue weighted by Gasteiger charge is -2.25. The first-order valence-corrected chi connectivity index (χ1v) is 6.18. The normalized spacial score (nSPS) is 27.2. The molecule has 0 aliphatic carbocycles. The molecular formula is C12H19N3O. The zero-order chi connectivity index (χ0) is 11.0. The second kappa shape index (κ2) is 4.18. The average Bonchev–Trinajstić information content (AvgIpc) is 2.80. The molecular weight excluding hydrogens is 202 g/mol. The number of likely N-dealkylation sites (tertiary alicyclic amines) is 1. The van der Waals surface area contributed by atoms with E-state index in [2.05, 4.69) is 22.2 Å². The van der Waals surface area contributed by atoms with Crippen LogP contribution >= 0.6 is 0 Å². The van der Waals surface area contributed by atoms with Crippen LogP contribution < -0.4 is 5.32 Å². The van der Waals surface area contributed by atoms with Crippen LogP contribution in [0.15, 0.2) is 10.7 Å². The van der Waals surface area contributed by atoms with E-state index in [4.69, 9.17) is 4.42 Å². The Kier molecular flexibility index (Phi) is 2.69. The van der Waals surface area contributed by atoms with Crippen LogP contribution in [-0.4, -0.2) is 36.6 Å². The predicted molar refractivity (Wildman–Crippen MR) is 61.2 cm³/mol. The summed E-state index contributed by atoms with van der Waals surface area (Å²) in [6.45, 7) is 3.40. The molecule has 3 heterocycles. The van der Waals surface area contributed by atoms with E-state index in [-0.39, 0.29) is 0 Å². The maximum absolute atomic E-state index is 5.57. The summed E-state index contributed by atoms with van der Waals surface area (Å²) in [4.78, 5) is 7.00. The van der Waals surface area contributed by atoms with Crippen LogP contribution in [0, 0.1) is 5.92 Å². The van der Waals surface area contributed by atoms with Crippen LogP contribution in [0.3, 0.4) is 0 Å². The molecule has 1 atom stereocenters. The molecule has 2 aliphatic heterocycles. The van der Waals surface area contributed by atoms with Gasteiger partial charge in [0.2, 0.25) is 0 Å². The smallest absolute Gasteiger partial charge is 0.194 e. The summed E-state index contributed by atoms with van der Waals surface area (Å²) >= 11 is 0. The van der Waals surface area contributed by atoms with Gasteiger partial charge in [0, 0.05) is 6.42 Å². The summed E-state index contributed by atoms with van der Waals surface area (Å²) in [5.74, 6) is 1.65. The molecule has 16 heavy (non-hydrogen) atoms. The molecule has 0 radical (unpaired) electrons. The molecule has 0 aromatic carbocycles. The van der Waals surface area contributed by atoms with Crippen molar-refractivity contribution in [3.05, 3.63) is 17.8 Å². The van der Waals surface area contributed by atoms with E-state index >= 15 is 0 Å². The van der Waals surface area contributed by atoms with Gasteiger partial charge in [0.25, 0.3) is 0 Å². The summed E-state index contributed by atoms with van der Waals surface area (Å²) in [5, 5.41) is 3.27. The van der Waals surface area contributed by atoms with Crippen molar-refractivity contribution in [2.24, 2.45) is 5.92 Å². The van der Waals surface area contributed by atoms with Crippen LogP contribution in [0.25, 0.3) is 0 Å². The number of oxazole rings is 1. The van der Waals surface area contributed by atoms with E-state index in [0.717, 1.165) is 37.0 Å². The van der Waals surface area contributed by atoms with E-state index in [1.807, 2.05) is 6.26 Å². The SMILES string of the molecule is CN1CCCC1c1coc(CC2CNC2)n1. The van der Waals surface area contributed by atoms with Gasteiger partial charge >= 0.3 is 0 Å². The number of nitrogens with zero attached hydrogens (tertiary/aromatic N) is 2. The van der Waals surface area contributed by atoms with Gasteiger partial charge in [-0.3, -0.25) is 4.90 Å². The average molecular weight is 221 g/mol. The fourth-order valence-electron chi connectivity index (χ4n) is 2.60. The number of aromatic nitrogens is 1. The van der Waals surface area contributed by atoms with Gasteiger partial charge in [-0.05, 0) is 45.4 Å². The van der Waals surface area contributed by atoms with E-state index in [0.29, 0.717) is 6.04 Å². The summed E-state index contributed by atoms with van der Waals surface area (Å²) < 4.78 is 5.57. The molecule has 0 spiro atoms. The Hall–Kier alpha value is -0.870. The Morgan fingerprint density at radius 3 is 3.06 bits per heavy atom. The Morgan fingerprint density at radius 1 is 1.56 bits per heavy atom. The number of hydrogen-bond donors (Lipinski definition) is 1. The van der Waals surface area contributed by atoms with Crippen molar-refractivity contribution in [1.29, 1.82) is 0 Å². The second-order valence-electron chi connectivity index (χ2n) is 5.03. The molecule has 4 nitrogen and oxygen atoms in total. The minimum atomic E-state index is 0.483. The number of hydrogen-bond acceptors (Lipinski definition) is 4. The summed E-state index contributed by atoms with van der Waals surface area (Å²) in [6, 6.07) is 0.483. The summed E-state index contributed by atoms with van der Waals surface area (Å²) in [5.41, 5.74) is 1.13. The third-order valence-electron chi connectivity index (χ3n) is 3.76. The van der Waals surface area contributed by atoms with Crippen molar-refractivity contribution < 1.29 is 4.42 Å². The zero-order valence-corrected chi connectivity index (χ0v) is 9.78. The second-order valence-corrected chi connectivity index (χ2v) is 5.03. The first-order chi connectivity index (χ1) is 7.83. The highest BCUT2D eigenvalue weighted by molar-refractivity contribution is 5.06. The molecule has 3 rings (SSSR count). The maximum Gasteiger partial charge on any atom is 0.194 e. The molecule has 0 bridgehead atoms. The molecule has 88 valence electrons. The first-order valence-electron chi connectivity index (χ1n) is 6.18. The highest BCUT2D eigenvalue weighted by Gasteiger charge is 2.26. The van der Waals surface area contributed by atoms with E-state index in [9.17, 15) is 0 Å². The first kappa shape index (κ1) is 10.3. The van der Waals surface area contributed by atoms with Crippen LogP contribution in [0.4, 0.5) is 0 Å². The Balaban J connectivity index is 1.66. The molecule has 2 fully saturated rings. The van der Waals surface area contributed by atoms with Gasteiger partial charge in [-0.15, -0.1) is 0 Å². The Labute approximate surface area is 96.0 Å². The molecule has 4 heteroatoms. The van der Waals surface area contributed by atoms with Crippen molar-refractivity contribution in [3.63, 3.8) is 0 Å². The van der Waals surface area contributed by atoms with Gasteiger partial charge in [0.05, 0.1) is 11.7 Å². The van der Waals surface area contributed by atoms with Gasteiger partial charge in [0.15, 0.2) is 5.89 Å². The Morgan fingerprint density at radius 2 is 2.44 bits per heavy atom. The number of rotatable bonds is 3. The van der Waals surface area contributed by atoms with E-state index in [1.54, 1.807) is 0 Å². The molecule has 0 amide bonds. The van der Waals surface area contributed by atoms with Crippen molar-refractivity contribution in [3.8, 4) is 0 Å². The van der Waals surface area contributed by atoms with Gasteiger partial charge < -0.3 is 9.73 Å². The lowest BCUT2D eigenvalue weighted by molar-refractivity contribution is 0.311. The van der Waals surface area contributed by atoms with Gasteiger partial charge in [-0.25, -0.2) is 4.98 Å². The molecule has 1 aromatic rings. The van der Waals surface area contributed by atoms with Crippen LogP contribution in [0.1, 0.15) is 30.5 Å². The highest BCUT2D eigenvalue weighted by Crippen LogP contribution is 2.29. The lowest BCUT2D eigenvalue weighted by Crippen LogP contribution is -2.43. The third kappa shape index (κ3) is 1.87. The third-order valence-corrected chi connectivity index (χ3v) is 3.76. The summed E-state index contributed by atoms with van der Waals surface area (Å²) in [6.07, 6.45) is 5.33. The Bertz CT molecular complexity index is 359. The zero-order valence-electron chi connectivity index (χ0n) is 9.78. The molecule has 1 N–H and O–H groups in total. The lowest BCUT2D eigenvalue weighted by atomic mass is 10.00. The standard InChI is InChI=1S/C12H19N3O/c1-15-4-2-3-11(15)10-8-16-12(14-10)5-9-6-13-7-9/h8-9,11,13H,2-7H2,1H3. The number of nitrogens with one attached hydrogen (secondary N) is 1. The van der Waals surface area contributed by atoms with Gasteiger partial charge in [0.1, 0.15) is 6.26 Å². The van der Waals surface area contributed by atoms with Crippen LogP contribution in [0.5, 0.6) is 0 Å². The molecule has 2 saturated heterocycles. The fraction of sp³-hybridized carbons (Fsp3) is 0.750. The quantitative estimate of drug-likeness (QED) is 0.833. The minimum Gasteiger partial charge on any atom is -0.449 e. The molecule has 1 unspecified atom stereocenters. The fourth-order valence-corrected chi connectivity index (χ4v) is 2.60. The topological polar surface area (TPSA) is 41.3 Å². The minimum absolute atomic E-state index is 0.483. The molecule has 1 aromatic heterocycles. The van der Waals surface area contributed by atoms with Crippen molar-refractivity contribution in [2.45, 2.75) is 25.3 Å². The van der Waals surface area contributed by atoms with E-state index in [1.165, 1.54) is 19.4 Å². The summed E-state index contributed by atoms with van der Waals surface area (Å²) in [7, 11) is 2.17. The highest BCUT2D eigenvalue weighted by atomic mass is 16.3. The van der Waals surface area contributed by atoms with Crippen LogP contribution in [-0.2, 0) is 6.42 Å². The van der Waals surface area contributed by atoms with Gasteiger partial charge in [-0.2, -0.15) is 0 Å². The maximum atomic E-state index is 5.57. The molecule has 2 aliphatic rings. The van der Waals surface area contributed by atoms with E-state index < -0.39 is 0 Å². The predicted octanol–water partition coefficient (Wildman–Crippen LogP) is 1.20. The largest absolute Gasteiger partial charge is 0.449 e.